The van der Waals surface area contributed by atoms with Crippen molar-refractivity contribution in [2.75, 3.05) is 18.0 Å². The van der Waals surface area contributed by atoms with Crippen molar-refractivity contribution in [2.24, 2.45) is 12.8 Å². The van der Waals surface area contributed by atoms with E-state index in [4.69, 9.17) is 10.2 Å². The van der Waals surface area contributed by atoms with Gasteiger partial charge in [0.25, 0.3) is 11.8 Å². The van der Waals surface area contributed by atoms with E-state index < -0.39 is 29.6 Å². The van der Waals surface area contributed by atoms with Crippen molar-refractivity contribution in [1.82, 2.24) is 34.3 Å². The number of rotatable bonds is 11. The number of nitrogens with one attached hydrogen (secondary N) is 1. The van der Waals surface area contributed by atoms with Crippen LogP contribution in [-0.4, -0.2) is 66.0 Å². The Hall–Kier alpha value is -5.88. The van der Waals surface area contributed by atoms with Gasteiger partial charge in [0.15, 0.2) is 5.58 Å². The van der Waals surface area contributed by atoms with Gasteiger partial charge in [0.1, 0.15) is 18.2 Å². The van der Waals surface area contributed by atoms with Crippen molar-refractivity contribution >= 4 is 45.7 Å². The predicted molar refractivity (Wildman–Crippen MR) is 165 cm³/mol. The number of imide groups is 1. The highest BCUT2D eigenvalue weighted by Gasteiger charge is 2.37. The van der Waals surface area contributed by atoms with Crippen LogP contribution in [0.3, 0.4) is 0 Å². The Morgan fingerprint density at radius 1 is 1.13 bits per heavy atom. The van der Waals surface area contributed by atoms with Gasteiger partial charge in [-0.3, -0.25) is 28.9 Å². The van der Waals surface area contributed by atoms with E-state index in [0.717, 1.165) is 16.9 Å². The largest absolute Gasteiger partial charge is 0.420 e. The van der Waals surface area contributed by atoms with Crippen LogP contribution in [0.1, 0.15) is 41.1 Å². The number of pyridine rings is 1. The topological polar surface area (TPSA) is 198 Å². The molecule has 1 aromatic carbocycles. The summed E-state index contributed by atoms with van der Waals surface area (Å²) in [4.78, 5) is 66.9. The van der Waals surface area contributed by atoms with Crippen LogP contribution in [0.25, 0.3) is 22.1 Å². The van der Waals surface area contributed by atoms with E-state index in [0.29, 0.717) is 59.4 Å². The summed E-state index contributed by atoms with van der Waals surface area (Å²) in [6, 6.07) is 11.1. The molecule has 1 aliphatic heterocycles. The van der Waals surface area contributed by atoms with Crippen molar-refractivity contribution in [2.45, 2.75) is 38.4 Å². The van der Waals surface area contributed by atoms with Gasteiger partial charge < -0.3 is 20.0 Å². The Morgan fingerprint density at radius 3 is 2.70 bits per heavy atom. The molecule has 0 radical (unpaired) electrons. The van der Waals surface area contributed by atoms with Crippen molar-refractivity contribution in [3.05, 3.63) is 82.6 Å². The van der Waals surface area contributed by atoms with Crippen LogP contribution >= 0.6 is 0 Å². The molecular formula is C31H30N10O5. The zero-order valence-electron chi connectivity index (χ0n) is 24.9. The summed E-state index contributed by atoms with van der Waals surface area (Å²) in [5.41, 5.74) is 8.67. The lowest BCUT2D eigenvalue weighted by Crippen LogP contribution is -2.35. The molecule has 0 unspecified atom stereocenters. The molecule has 1 fully saturated rings. The Bertz CT molecular complexity index is 2060. The van der Waals surface area contributed by atoms with Gasteiger partial charge in [-0.1, -0.05) is 0 Å². The molecule has 15 nitrogen and oxygen atoms in total. The number of unbranched alkanes of at least 4 members (excludes halogenated alkanes) is 1. The number of hydrogen-bond donors (Lipinski definition) is 2. The highest BCUT2D eigenvalue weighted by molar-refractivity contribution is 6.12. The zero-order valence-corrected chi connectivity index (χ0v) is 24.9. The summed E-state index contributed by atoms with van der Waals surface area (Å²) in [5.74, 6) is -1.63. The number of hydrogen-bond acceptors (Lipinski definition) is 10. The molecule has 0 saturated carbocycles. The van der Waals surface area contributed by atoms with E-state index in [1.807, 2.05) is 0 Å². The van der Waals surface area contributed by atoms with Crippen LogP contribution < -0.4 is 21.7 Å². The molecule has 4 aromatic heterocycles. The first-order chi connectivity index (χ1) is 22.3. The van der Waals surface area contributed by atoms with Gasteiger partial charge in [-0.05, 0) is 61.7 Å². The van der Waals surface area contributed by atoms with Crippen molar-refractivity contribution < 1.29 is 18.8 Å². The van der Waals surface area contributed by atoms with Crippen LogP contribution in [0.15, 0.2) is 64.2 Å². The van der Waals surface area contributed by atoms with Gasteiger partial charge in [0, 0.05) is 48.5 Å². The number of benzene rings is 1. The Morgan fingerprint density at radius 2 is 1.93 bits per heavy atom. The van der Waals surface area contributed by atoms with Gasteiger partial charge in [-0.25, -0.2) is 19.6 Å². The minimum atomic E-state index is -0.693. The summed E-state index contributed by atoms with van der Waals surface area (Å²) >= 11 is 0. The molecular weight excluding hydrogens is 592 g/mol. The second-order valence-electron chi connectivity index (χ2n) is 10.9. The minimum Gasteiger partial charge on any atom is -0.408 e. The number of anilines is 1. The average molecular weight is 623 g/mol. The molecule has 4 amide bonds. The molecule has 6 rings (SSSR count). The number of carbonyl (C=O) groups is 3. The molecule has 5 aromatic rings. The van der Waals surface area contributed by atoms with Crippen molar-refractivity contribution in [3.8, 4) is 6.07 Å². The third-order valence-corrected chi connectivity index (χ3v) is 7.91. The second kappa shape index (κ2) is 12.6. The number of urea groups is 1. The van der Waals surface area contributed by atoms with Crippen LogP contribution in [0.2, 0.25) is 0 Å². The van der Waals surface area contributed by atoms with E-state index in [9.17, 15) is 24.4 Å². The first-order valence-electron chi connectivity index (χ1n) is 14.6. The SMILES string of the molecule is Cn1c(CN2C(=O)CN(c3ccc4c(c3)oc(=O)n4Cc3ccncc3)C2=O)cc2cnc(C(=O)N[C@H](C#N)CCCCN)nc21. The summed E-state index contributed by atoms with van der Waals surface area (Å²) in [6.45, 7) is 0.567. The number of amides is 4. The number of aromatic nitrogens is 5. The van der Waals surface area contributed by atoms with E-state index in [1.165, 1.54) is 15.7 Å². The molecule has 0 spiro atoms. The van der Waals surface area contributed by atoms with Gasteiger partial charge in [0.05, 0.1) is 24.7 Å². The first-order valence-corrected chi connectivity index (χ1v) is 14.6. The van der Waals surface area contributed by atoms with Crippen LogP contribution in [0.4, 0.5) is 10.5 Å². The summed E-state index contributed by atoms with van der Waals surface area (Å²) in [5, 5.41) is 12.7. The molecule has 1 aliphatic rings. The van der Waals surface area contributed by atoms with Crippen LogP contribution in [0, 0.1) is 11.3 Å². The fraction of sp³-hybridized carbons (Fsp3) is 0.290. The van der Waals surface area contributed by atoms with E-state index in [1.54, 1.807) is 60.4 Å². The lowest BCUT2D eigenvalue weighted by atomic mass is 10.1. The minimum absolute atomic E-state index is 0.0418. The third-order valence-electron chi connectivity index (χ3n) is 7.91. The van der Waals surface area contributed by atoms with Crippen LogP contribution in [-0.2, 0) is 24.9 Å². The number of carbonyl (C=O) groups excluding carboxylic acids is 3. The molecule has 0 aliphatic carbocycles. The molecule has 15 heteroatoms. The fourth-order valence-electron chi connectivity index (χ4n) is 5.41. The number of nitrogens with two attached hydrogens (primary N) is 1. The number of aryl methyl sites for hydroxylation is 1. The Labute approximate surface area is 261 Å². The third kappa shape index (κ3) is 5.81. The Kier molecular flexibility index (Phi) is 8.27. The zero-order chi connectivity index (χ0) is 32.4. The molecule has 234 valence electrons. The van der Waals surface area contributed by atoms with Crippen molar-refractivity contribution in [3.63, 3.8) is 0 Å². The second-order valence-corrected chi connectivity index (χ2v) is 10.9. The normalized spacial score (nSPS) is 13.9. The molecule has 1 saturated heterocycles. The molecule has 46 heavy (non-hydrogen) atoms. The Balaban J connectivity index is 1.18. The molecule has 0 bridgehead atoms. The quantitative estimate of drug-likeness (QED) is 0.162. The summed E-state index contributed by atoms with van der Waals surface area (Å²) in [6.07, 6.45) is 6.68. The van der Waals surface area contributed by atoms with Gasteiger partial charge in [-0.15, -0.1) is 0 Å². The van der Waals surface area contributed by atoms with Crippen LogP contribution in [0.5, 0.6) is 0 Å². The number of nitriles is 1. The highest BCUT2D eigenvalue weighted by atomic mass is 16.4. The summed E-state index contributed by atoms with van der Waals surface area (Å²) in [7, 11) is 1.71. The van der Waals surface area contributed by atoms with Gasteiger partial charge in [0.2, 0.25) is 5.82 Å². The summed E-state index contributed by atoms with van der Waals surface area (Å²) < 4.78 is 8.65. The van der Waals surface area contributed by atoms with Crippen molar-refractivity contribution in [1.29, 1.82) is 5.26 Å². The lowest BCUT2D eigenvalue weighted by molar-refractivity contribution is -0.125. The van der Waals surface area contributed by atoms with E-state index in [2.05, 4.69) is 26.3 Å². The predicted octanol–water partition coefficient (Wildman–Crippen LogP) is 2.04. The monoisotopic (exact) mass is 622 g/mol. The smallest absolute Gasteiger partial charge is 0.408 e. The van der Waals surface area contributed by atoms with E-state index in [-0.39, 0.29) is 18.9 Å². The number of nitrogens with zero attached hydrogens (tertiary/aromatic N) is 8. The highest BCUT2D eigenvalue weighted by Crippen LogP contribution is 2.27. The van der Waals surface area contributed by atoms with Gasteiger partial charge >= 0.3 is 11.8 Å². The number of fused-ring (bicyclic) bond motifs is 2. The maximum Gasteiger partial charge on any atom is 0.420 e. The molecule has 3 N–H and O–H groups in total. The molecule has 5 heterocycles. The fourth-order valence-corrected chi connectivity index (χ4v) is 5.41. The maximum atomic E-state index is 13.5. The maximum absolute atomic E-state index is 13.5. The average Bonchev–Trinajstić information content (AvgIpc) is 3.65. The van der Waals surface area contributed by atoms with E-state index >= 15 is 0 Å². The lowest BCUT2D eigenvalue weighted by Gasteiger charge is -2.17. The standard InChI is InChI=1S/C31H30N10O5/c1-38-23(12-20-15-35-27(37-28(20)38)29(43)36-21(14-33)4-2-3-9-32)17-41-26(42)18-39(30(41)44)22-5-6-24-25(13-22)46-31(45)40(24)16-19-7-10-34-11-8-19/h5-8,10-13,15,21H,2-4,9,16-18,32H2,1H3,(H,36,43)/t21-/m0/s1. The number of oxazole rings is 1. The first kappa shape index (κ1) is 30.2. The van der Waals surface area contributed by atoms with Gasteiger partial charge in [-0.2, -0.15) is 5.26 Å². The molecule has 1 atom stereocenters.